The molecular weight excluding hydrogens is 192 g/mol. The van der Waals surface area contributed by atoms with Crippen LogP contribution >= 0.6 is 0 Å². The molecule has 88 valence electrons. The Morgan fingerprint density at radius 2 is 2.07 bits per heavy atom. The van der Waals surface area contributed by atoms with E-state index < -0.39 is 12.0 Å². The molecule has 5 N–H and O–H groups in total. The summed E-state index contributed by atoms with van der Waals surface area (Å²) in [4.78, 5) is 10.0. The van der Waals surface area contributed by atoms with Crippen LogP contribution in [0.4, 0.5) is 0 Å². The fourth-order valence-corrected chi connectivity index (χ4v) is 1.15. The molecule has 0 saturated carbocycles. The topological polar surface area (TPSA) is 89.3 Å². The summed E-state index contributed by atoms with van der Waals surface area (Å²) >= 11 is 0. The highest BCUT2D eigenvalue weighted by Crippen LogP contribution is 2.11. The van der Waals surface area contributed by atoms with E-state index in [-0.39, 0.29) is 5.92 Å². The van der Waals surface area contributed by atoms with Gasteiger partial charge in [-0.05, 0) is 31.6 Å². The van der Waals surface area contributed by atoms with Crippen LogP contribution in [0.3, 0.4) is 0 Å². The Bertz CT molecular complexity index is 225. The molecule has 1 rings (SSSR count). The van der Waals surface area contributed by atoms with E-state index in [1.165, 1.54) is 19.3 Å². The summed E-state index contributed by atoms with van der Waals surface area (Å²) < 4.78 is 0. The minimum Gasteiger partial charge on any atom is -0.480 e. The Balaban J connectivity index is 0.000000262. The summed E-state index contributed by atoms with van der Waals surface area (Å²) in [6.45, 7) is 3.55. The molecule has 0 unspecified atom stereocenters. The minimum atomic E-state index is -0.931. The Hall–Kier alpha value is -1.03. The van der Waals surface area contributed by atoms with E-state index in [4.69, 9.17) is 16.6 Å². The van der Waals surface area contributed by atoms with Crippen LogP contribution in [-0.4, -0.2) is 17.1 Å². The second kappa shape index (κ2) is 7.29. The summed E-state index contributed by atoms with van der Waals surface area (Å²) in [5.74, 6) is -0.910. The molecule has 0 radical (unpaired) electrons. The average molecular weight is 214 g/mol. The van der Waals surface area contributed by atoms with Crippen LogP contribution in [0.15, 0.2) is 11.8 Å². The standard InChI is InChI=1S/C6H11N.C5H11NO2/c7-6-4-2-1-3-5-6;1-3(2)4(6)5(7)8/h4H,1-3,5,7H2;3-4H,6H2,1-2H3,(H,7,8)/t;4-/m.0/s1. The molecule has 0 amide bonds. The van der Waals surface area contributed by atoms with Gasteiger partial charge in [-0.1, -0.05) is 19.9 Å². The van der Waals surface area contributed by atoms with E-state index in [2.05, 4.69) is 6.08 Å². The van der Waals surface area contributed by atoms with Gasteiger partial charge in [-0.2, -0.15) is 0 Å². The third-order valence-electron chi connectivity index (χ3n) is 2.33. The first kappa shape index (κ1) is 14.0. The third kappa shape index (κ3) is 6.96. The summed E-state index contributed by atoms with van der Waals surface area (Å²) in [7, 11) is 0. The first-order chi connectivity index (χ1) is 6.95. The van der Waals surface area contributed by atoms with Crippen LogP contribution in [0, 0.1) is 5.92 Å². The van der Waals surface area contributed by atoms with E-state index in [0.29, 0.717) is 0 Å². The van der Waals surface area contributed by atoms with Crippen molar-refractivity contribution >= 4 is 5.97 Å². The maximum atomic E-state index is 10.0. The summed E-state index contributed by atoms with van der Waals surface area (Å²) in [6.07, 6.45) is 7.08. The lowest BCUT2D eigenvalue weighted by atomic mass is 10.1. The average Bonchev–Trinajstić information content (AvgIpc) is 2.18. The van der Waals surface area contributed by atoms with Crippen molar-refractivity contribution in [3.05, 3.63) is 11.8 Å². The maximum Gasteiger partial charge on any atom is 0.320 e. The first-order valence-corrected chi connectivity index (χ1v) is 5.38. The highest BCUT2D eigenvalue weighted by molar-refractivity contribution is 5.73. The predicted molar refractivity (Wildman–Crippen MR) is 61.2 cm³/mol. The normalized spacial score (nSPS) is 17.5. The van der Waals surface area contributed by atoms with E-state index in [1.54, 1.807) is 13.8 Å². The summed E-state index contributed by atoms with van der Waals surface area (Å²) in [5.41, 5.74) is 11.7. The van der Waals surface area contributed by atoms with Crippen LogP contribution in [-0.2, 0) is 4.79 Å². The molecule has 0 fully saturated rings. The number of aliphatic carboxylic acids is 1. The Labute approximate surface area is 91.3 Å². The highest BCUT2D eigenvalue weighted by atomic mass is 16.4. The van der Waals surface area contributed by atoms with Crippen molar-refractivity contribution in [2.45, 2.75) is 45.6 Å². The zero-order valence-electron chi connectivity index (χ0n) is 9.57. The molecule has 1 atom stereocenters. The molecule has 0 aliphatic heterocycles. The van der Waals surface area contributed by atoms with Crippen molar-refractivity contribution in [1.82, 2.24) is 0 Å². The van der Waals surface area contributed by atoms with Crippen LogP contribution < -0.4 is 11.5 Å². The quantitative estimate of drug-likeness (QED) is 0.649. The molecule has 0 heterocycles. The first-order valence-electron chi connectivity index (χ1n) is 5.38. The van der Waals surface area contributed by atoms with Gasteiger partial charge in [0.1, 0.15) is 6.04 Å². The molecule has 4 nitrogen and oxygen atoms in total. The molecule has 0 spiro atoms. The largest absolute Gasteiger partial charge is 0.480 e. The second-order valence-corrected chi connectivity index (χ2v) is 4.13. The summed E-state index contributed by atoms with van der Waals surface area (Å²) in [6, 6.07) is -0.713. The van der Waals surface area contributed by atoms with Crippen molar-refractivity contribution in [2.75, 3.05) is 0 Å². The Morgan fingerprint density at radius 1 is 1.47 bits per heavy atom. The van der Waals surface area contributed by atoms with Crippen molar-refractivity contribution in [2.24, 2.45) is 17.4 Å². The Kier molecular flexibility index (Phi) is 6.79. The van der Waals surface area contributed by atoms with Gasteiger partial charge in [0.15, 0.2) is 0 Å². The van der Waals surface area contributed by atoms with Gasteiger partial charge in [-0.15, -0.1) is 0 Å². The van der Waals surface area contributed by atoms with Crippen LogP contribution in [0.25, 0.3) is 0 Å². The van der Waals surface area contributed by atoms with E-state index >= 15 is 0 Å². The van der Waals surface area contributed by atoms with Crippen molar-refractivity contribution in [3.63, 3.8) is 0 Å². The fraction of sp³-hybridized carbons (Fsp3) is 0.727. The van der Waals surface area contributed by atoms with Gasteiger partial charge < -0.3 is 16.6 Å². The molecule has 15 heavy (non-hydrogen) atoms. The molecule has 0 aromatic heterocycles. The van der Waals surface area contributed by atoms with Gasteiger partial charge in [0.25, 0.3) is 0 Å². The van der Waals surface area contributed by atoms with Crippen LogP contribution in [0.5, 0.6) is 0 Å². The van der Waals surface area contributed by atoms with Gasteiger partial charge in [-0.25, -0.2) is 0 Å². The minimum absolute atomic E-state index is 0.0208. The molecule has 0 bridgehead atoms. The lowest BCUT2D eigenvalue weighted by molar-refractivity contribution is -0.139. The third-order valence-corrected chi connectivity index (χ3v) is 2.33. The van der Waals surface area contributed by atoms with E-state index in [9.17, 15) is 4.79 Å². The number of carboxylic acid groups (broad SMARTS) is 1. The number of hydrogen-bond donors (Lipinski definition) is 3. The monoisotopic (exact) mass is 214 g/mol. The van der Waals surface area contributed by atoms with Gasteiger partial charge in [-0.3, -0.25) is 4.79 Å². The van der Waals surface area contributed by atoms with Crippen LogP contribution in [0.2, 0.25) is 0 Å². The molecular formula is C11H22N2O2. The van der Waals surface area contributed by atoms with E-state index in [0.717, 1.165) is 12.1 Å². The van der Waals surface area contributed by atoms with Gasteiger partial charge >= 0.3 is 5.97 Å². The van der Waals surface area contributed by atoms with Crippen molar-refractivity contribution in [1.29, 1.82) is 0 Å². The van der Waals surface area contributed by atoms with Crippen molar-refractivity contribution in [3.8, 4) is 0 Å². The molecule has 0 aromatic rings. The van der Waals surface area contributed by atoms with Crippen molar-refractivity contribution < 1.29 is 9.90 Å². The van der Waals surface area contributed by atoms with Gasteiger partial charge in [0.05, 0.1) is 0 Å². The number of rotatable bonds is 2. The highest BCUT2D eigenvalue weighted by Gasteiger charge is 2.14. The van der Waals surface area contributed by atoms with Crippen LogP contribution in [0.1, 0.15) is 39.5 Å². The lowest BCUT2D eigenvalue weighted by Gasteiger charge is -2.07. The number of carbonyl (C=O) groups is 1. The fourth-order valence-electron chi connectivity index (χ4n) is 1.15. The van der Waals surface area contributed by atoms with Gasteiger partial charge in [0.2, 0.25) is 0 Å². The number of carboxylic acids is 1. The summed E-state index contributed by atoms with van der Waals surface area (Å²) in [5, 5.41) is 8.23. The zero-order chi connectivity index (χ0) is 11.8. The molecule has 0 saturated heterocycles. The molecule has 1 aliphatic carbocycles. The zero-order valence-corrected chi connectivity index (χ0v) is 9.57. The molecule has 0 aromatic carbocycles. The number of nitrogens with two attached hydrogens (primary N) is 2. The van der Waals surface area contributed by atoms with E-state index in [1.807, 2.05) is 0 Å². The molecule has 4 heteroatoms. The molecule has 1 aliphatic rings. The number of allylic oxidation sites excluding steroid dienone is 2. The lowest BCUT2D eigenvalue weighted by Crippen LogP contribution is -2.34. The SMILES string of the molecule is CC(C)[C@H](N)C(=O)O.NC1=CCCCC1. The second-order valence-electron chi connectivity index (χ2n) is 4.13. The number of hydrogen-bond acceptors (Lipinski definition) is 3. The van der Waals surface area contributed by atoms with Gasteiger partial charge in [0, 0.05) is 5.70 Å². The smallest absolute Gasteiger partial charge is 0.320 e. The Morgan fingerprint density at radius 3 is 2.20 bits per heavy atom. The maximum absolute atomic E-state index is 10.0. The predicted octanol–water partition coefficient (Wildman–Crippen LogP) is 1.46.